The van der Waals surface area contributed by atoms with Crippen LogP contribution in [0.3, 0.4) is 0 Å². The van der Waals surface area contributed by atoms with Crippen molar-refractivity contribution in [3.63, 3.8) is 0 Å². The minimum atomic E-state index is -0.419. The molecule has 8 heteroatoms. The number of hydrogen-bond donors (Lipinski definition) is 1. The Morgan fingerprint density at radius 1 is 1.00 bits per heavy atom. The predicted molar refractivity (Wildman–Crippen MR) is 125 cm³/mol. The van der Waals surface area contributed by atoms with Crippen molar-refractivity contribution in [2.24, 2.45) is 0 Å². The molecule has 3 aromatic carbocycles. The SMILES string of the molecule is CCOc1cc(CNc2cc(Cl)cc(Cl)c2)cc(Br)c1OCc1c(F)cccc1Cl. The van der Waals surface area contributed by atoms with E-state index in [1.807, 2.05) is 19.1 Å². The molecule has 0 aromatic heterocycles. The lowest BCUT2D eigenvalue weighted by molar-refractivity contribution is 0.264. The van der Waals surface area contributed by atoms with Crippen LogP contribution in [0.1, 0.15) is 18.1 Å². The Morgan fingerprint density at radius 3 is 2.40 bits per heavy atom. The third-order valence-electron chi connectivity index (χ3n) is 4.15. The van der Waals surface area contributed by atoms with Gasteiger partial charge in [0.1, 0.15) is 12.4 Å². The topological polar surface area (TPSA) is 30.5 Å². The smallest absolute Gasteiger partial charge is 0.175 e. The zero-order valence-corrected chi connectivity index (χ0v) is 19.8. The monoisotopic (exact) mass is 531 g/mol. The lowest BCUT2D eigenvalue weighted by Gasteiger charge is -2.17. The van der Waals surface area contributed by atoms with Crippen LogP contribution in [0.15, 0.2) is 53.0 Å². The van der Waals surface area contributed by atoms with E-state index in [0.717, 1.165) is 11.3 Å². The van der Waals surface area contributed by atoms with E-state index in [9.17, 15) is 4.39 Å². The number of nitrogens with one attached hydrogen (secondary N) is 1. The fraction of sp³-hybridized carbons (Fsp3) is 0.182. The highest BCUT2D eigenvalue weighted by atomic mass is 79.9. The van der Waals surface area contributed by atoms with E-state index < -0.39 is 5.82 Å². The van der Waals surface area contributed by atoms with Gasteiger partial charge < -0.3 is 14.8 Å². The molecule has 0 bridgehead atoms. The van der Waals surface area contributed by atoms with Crippen LogP contribution in [-0.4, -0.2) is 6.61 Å². The van der Waals surface area contributed by atoms with Gasteiger partial charge in [-0.1, -0.05) is 40.9 Å². The molecule has 158 valence electrons. The molecule has 0 spiro atoms. The number of anilines is 1. The maximum Gasteiger partial charge on any atom is 0.175 e. The van der Waals surface area contributed by atoms with E-state index in [1.54, 1.807) is 30.3 Å². The first kappa shape index (κ1) is 23.0. The maximum atomic E-state index is 14.1. The molecule has 30 heavy (non-hydrogen) atoms. The zero-order chi connectivity index (χ0) is 21.7. The zero-order valence-electron chi connectivity index (χ0n) is 15.9. The summed E-state index contributed by atoms with van der Waals surface area (Å²) < 4.78 is 26.3. The molecule has 0 radical (unpaired) electrons. The predicted octanol–water partition coefficient (Wildman–Crippen LogP) is 8.14. The largest absolute Gasteiger partial charge is 0.490 e. The fourth-order valence-electron chi connectivity index (χ4n) is 2.80. The van der Waals surface area contributed by atoms with E-state index in [4.69, 9.17) is 44.3 Å². The summed E-state index contributed by atoms with van der Waals surface area (Å²) in [5.41, 5.74) is 2.03. The van der Waals surface area contributed by atoms with E-state index in [1.165, 1.54) is 6.07 Å². The quantitative estimate of drug-likeness (QED) is 0.317. The molecule has 0 heterocycles. The lowest BCUT2D eigenvalue weighted by Crippen LogP contribution is -2.05. The van der Waals surface area contributed by atoms with Crippen molar-refractivity contribution >= 4 is 56.4 Å². The average molecular weight is 534 g/mol. The molecule has 0 aliphatic heterocycles. The van der Waals surface area contributed by atoms with Crippen LogP contribution in [0.5, 0.6) is 11.5 Å². The molecular formula is C22H18BrCl3FNO2. The van der Waals surface area contributed by atoms with Crippen molar-refractivity contribution in [3.05, 3.63) is 85.0 Å². The average Bonchev–Trinajstić information content (AvgIpc) is 2.67. The maximum absolute atomic E-state index is 14.1. The molecule has 0 fully saturated rings. The van der Waals surface area contributed by atoms with Gasteiger partial charge in [-0.2, -0.15) is 0 Å². The summed E-state index contributed by atoms with van der Waals surface area (Å²) in [4.78, 5) is 0. The molecule has 0 aliphatic carbocycles. The summed E-state index contributed by atoms with van der Waals surface area (Å²) in [7, 11) is 0. The van der Waals surface area contributed by atoms with Crippen molar-refractivity contribution in [1.82, 2.24) is 0 Å². The number of benzene rings is 3. The Hall–Kier alpha value is -1.66. The minimum absolute atomic E-state index is 0.0250. The van der Waals surface area contributed by atoms with Gasteiger partial charge in [0.15, 0.2) is 11.5 Å². The van der Waals surface area contributed by atoms with Crippen LogP contribution in [0, 0.1) is 5.82 Å². The summed E-state index contributed by atoms with van der Waals surface area (Å²) in [6.45, 7) is 2.81. The van der Waals surface area contributed by atoms with Crippen molar-refractivity contribution in [2.75, 3.05) is 11.9 Å². The molecule has 3 nitrogen and oxygen atoms in total. The summed E-state index contributed by atoms with van der Waals surface area (Å²) in [5.74, 6) is 0.601. The molecule has 0 aliphatic rings. The highest BCUT2D eigenvalue weighted by molar-refractivity contribution is 9.10. The van der Waals surface area contributed by atoms with Crippen LogP contribution >= 0.6 is 50.7 Å². The van der Waals surface area contributed by atoms with Crippen LogP contribution < -0.4 is 14.8 Å². The third-order valence-corrected chi connectivity index (χ3v) is 5.53. The van der Waals surface area contributed by atoms with Crippen molar-refractivity contribution in [3.8, 4) is 11.5 Å². The van der Waals surface area contributed by atoms with Gasteiger partial charge in [0.05, 0.1) is 16.1 Å². The normalized spacial score (nSPS) is 10.7. The Bertz CT molecular complexity index is 1010. The summed E-state index contributed by atoms with van der Waals surface area (Å²) in [6, 6.07) is 13.6. The van der Waals surface area contributed by atoms with Crippen molar-refractivity contribution < 1.29 is 13.9 Å². The first-order valence-electron chi connectivity index (χ1n) is 9.08. The van der Waals surface area contributed by atoms with E-state index in [2.05, 4.69) is 21.2 Å². The fourth-order valence-corrected chi connectivity index (χ4v) is 4.15. The molecule has 1 N–H and O–H groups in total. The standard InChI is InChI=1S/C22H18BrCl3FNO2/c1-2-29-21-7-13(11-28-16-9-14(24)8-15(25)10-16)6-18(23)22(21)30-12-17-19(26)4-3-5-20(17)27/h3-10,28H,2,11-12H2,1H3. The van der Waals surface area contributed by atoms with Gasteiger partial charge in [-0.05, 0) is 70.9 Å². The number of halogens is 5. The van der Waals surface area contributed by atoms with E-state index in [0.29, 0.717) is 44.2 Å². The number of ether oxygens (including phenoxy) is 2. The highest BCUT2D eigenvalue weighted by Gasteiger charge is 2.15. The van der Waals surface area contributed by atoms with Gasteiger partial charge in [0.25, 0.3) is 0 Å². The second-order valence-corrected chi connectivity index (χ2v) is 8.47. The highest BCUT2D eigenvalue weighted by Crippen LogP contribution is 2.38. The summed E-state index contributed by atoms with van der Waals surface area (Å²) >= 11 is 21.7. The van der Waals surface area contributed by atoms with Crippen LogP contribution in [0.25, 0.3) is 0 Å². The summed E-state index contributed by atoms with van der Waals surface area (Å²) in [5, 5.41) is 4.69. The van der Waals surface area contributed by atoms with Crippen LogP contribution in [-0.2, 0) is 13.2 Å². The Kier molecular flexibility index (Phi) is 8.12. The molecule has 0 atom stereocenters. The Morgan fingerprint density at radius 2 is 1.73 bits per heavy atom. The van der Waals surface area contributed by atoms with Crippen LogP contribution in [0.4, 0.5) is 10.1 Å². The first-order valence-corrected chi connectivity index (χ1v) is 11.0. The summed E-state index contributed by atoms with van der Waals surface area (Å²) in [6.07, 6.45) is 0. The third kappa shape index (κ3) is 5.94. The van der Waals surface area contributed by atoms with Gasteiger partial charge in [-0.15, -0.1) is 0 Å². The van der Waals surface area contributed by atoms with Gasteiger partial charge in [-0.25, -0.2) is 4.39 Å². The number of hydrogen-bond acceptors (Lipinski definition) is 3. The molecule has 0 amide bonds. The molecule has 3 rings (SSSR count). The van der Waals surface area contributed by atoms with Gasteiger partial charge in [-0.3, -0.25) is 0 Å². The van der Waals surface area contributed by atoms with Gasteiger partial charge in [0, 0.05) is 27.8 Å². The Labute approximate surface area is 198 Å². The first-order chi connectivity index (χ1) is 14.4. The van der Waals surface area contributed by atoms with Crippen molar-refractivity contribution in [2.45, 2.75) is 20.1 Å². The van der Waals surface area contributed by atoms with E-state index in [-0.39, 0.29) is 12.2 Å². The molecular weight excluding hydrogens is 516 g/mol. The second kappa shape index (κ2) is 10.6. The molecule has 0 saturated carbocycles. The van der Waals surface area contributed by atoms with E-state index >= 15 is 0 Å². The van der Waals surface area contributed by atoms with Gasteiger partial charge in [0.2, 0.25) is 0 Å². The second-order valence-electron chi connectivity index (χ2n) is 6.34. The minimum Gasteiger partial charge on any atom is -0.490 e. The Balaban J connectivity index is 1.79. The van der Waals surface area contributed by atoms with Crippen molar-refractivity contribution in [1.29, 1.82) is 0 Å². The molecule has 0 unspecified atom stereocenters. The molecule has 3 aromatic rings. The lowest BCUT2D eigenvalue weighted by atomic mass is 10.2. The molecule has 0 saturated heterocycles. The van der Waals surface area contributed by atoms with Gasteiger partial charge >= 0.3 is 0 Å². The number of rotatable bonds is 8. The van der Waals surface area contributed by atoms with Crippen LogP contribution in [0.2, 0.25) is 15.1 Å².